The Bertz CT molecular complexity index is 670. The predicted molar refractivity (Wildman–Crippen MR) is 86.4 cm³/mol. The highest BCUT2D eigenvalue weighted by atomic mass is 19.1. The SMILES string of the molecule is CCOc1cc(C(=O)NC(C)c2ccc(F)cc2)ccc1OC. The van der Waals surface area contributed by atoms with Crippen LogP contribution >= 0.6 is 0 Å². The van der Waals surface area contributed by atoms with Crippen molar-refractivity contribution in [2.45, 2.75) is 19.9 Å². The quantitative estimate of drug-likeness (QED) is 0.883. The second-order valence-corrected chi connectivity index (χ2v) is 5.05. The van der Waals surface area contributed by atoms with Crippen LogP contribution in [0.25, 0.3) is 0 Å². The van der Waals surface area contributed by atoms with Crippen molar-refractivity contribution in [2.75, 3.05) is 13.7 Å². The molecule has 0 bridgehead atoms. The normalized spacial score (nSPS) is 11.7. The fourth-order valence-corrected chi connectivity index (χ4v) is 2.20. The van der Waals surface area contributed by atoms with E-state index >= 15 is 0 Å². The van der Waals surface area contributed by atoms with Gasteiger partial charge in [0.1, 0.15) is 5.82 Å². The van der Waals surface area contributed by atoms with Crippen molar-refractivity contribution < 1.29 is 18.7 Å². The van der Waals surface area contributed by atoms with E-state index in [9.17, 15) is 9.18 Å². The van der Waals surface area contributed by atoms with Crippen molar-refractivity contribution in [1.82, 2.24) is 5.32 Å². The van der Waals surface area contributed by atoms with Gasteiger partial charge in [0, 0.05) is 5.56 Å². The molecule has 1 unspecified atom stereocenters. The number of halogens is 1. The summed E-state index contributed by atoms with van der Waals surface area (Å²) in [6.07, 6.45) is 0. The number of amides is 1. The topological polar surface area (TPSA) is 47.6 Å². The Hall–Kier alpha value is -2.56. The number of hydrogen-bond acceptors (Lipinski definition) is 3. The van der Waals surface area contributed by atoms with Crippen LogP contribution < -0.4 is 14.8 Å². The lowest BCUT2D eigenvalue weighted by Crippen LogP contribution is -2.26. The summed E-state index contributed by atoms with van der Waals surface area (Å²) >= 11 is 0. The predicted octanol–water partition coefficient (Wildman–Crippen LogP) is 3.72. The van der Waals surface area contributed by atoms with Crippen LogP contribution in [0.4, 0.5) is 4.39 Å². The maximum Gasteiger partial charge on any atom is 0.251 e. The molecular weight excluding hydrogens is 297 g/mol. The van der Waals surface area contributed by atoms with E-state index < -0.39 is 0 Å². The van der Waals surface area contributed by atoms with Crippen molar-refractivity contribution in [3.05, 3.63) is 59.4 Å². The number of carbonyl (C=O) groups excluding carboxylic acids is 1. The van der Waals surface area contributed by atoms with E-state index in [-0.39, 0.29) is 17.8 Å². The summed E-state index contributed by atoms with van der Waals surface area (Å²) < 4.78 is 23.6. The van der Waals surface area contributed by atoms with Gasteiger partial charge in [0.15, 0.2) is 11.5 Å². The first-order valence-corrected chi connectivity index (χ1v) is 7.42. The Morgan fingerprint density at radius 1 is 1.17 bits per heavy atom. The molecule has 0 aliphatic carbocycles. The molecule has 2 rings (SSSR count). The van der Waals surface area contributed by atoms with Crippen LogP contribution in [0.1, 0.15) is 35.8 Å². The van der Waals surface area contributed by atoms with Crippen molar-refractivity contribution in [3.63, 3.8) is 0 Å². The van der Waals surface area contributed by atoms with Gasteiger partial charge in [-0.05, 0) is 49.7 Å². The van der Waals surface area contributed by atoms with Gasteiger partial charge in [-0.2, -0.15) is 0 Å². The lowest BCUT2D eigenvalue weighted by Gasteiger charge is -2.15. The molecule has 5 heteroatoms. The summed E-state index contributed by atoms with van der Waals surface area (Å²) in [6, 6.07) is 10.8. The zero-order valence-corrected chi connectivity index (χ0v) is 13.4. The molecule has 0 radical (unpaired) electrons. The van der Waals surface area contributed by atoms with Gasteiger partial charge in [-0.1, -0.05) is 12.1 Å². The minimum atomic E-state index is -0.302. The Morgan fingerprint density at radius 2 is 1.87 bits per heavy atom. The maximum absolute atomic E-state index is 13.0. The molecule has 0 aliphatic rings. The molecule has 4 nitrogen and oxygen atoms in total. The van der Waals surface area contributed by atoms with Crippen LogP contribution in [0.2, 0.25) is 0 Å². The standard InChI is InChI=1S/C18H20FNO3/c1-4-23-17-11-14(7-10-16(17)22-3)18(21)20-12(2)13-5-8-15(19)9-6-13/h5-12H,4H2,1-3H3,(H,20,21). The average Bonchev–Trinajstić information content (AvgIpc) is 2.55. The smallest absolute Gasteiger partial charge is 0.251 e. The Labute approximate surface area is 135 Å². The third-order valence-corrected chi connectivity index (χ3v) is 3.44. The molecule has 1 N–H and O–H groups in total. The zero-order chi connectivity index (χ0) is 16.8. The summed E-state index contributed by atoms with van der Waals surface area (Å²) in [5, 5.41) is 2.88. The molecule has 0 aliphatic heterocycles. The molecule has 23 heavy (non-hydrogen) atoms. The van der Waals surface area contributed by atoms with Gasteiger partial charge in [-0.25, -0.2) is 4.39 Å². The van der Waals surface area contributed by atoms with E-state index in [2.05, 4.69) is 5.32 Å². The molecule has 1 amide bonds. The van der Waals surface area contributed by atoms with E-state index in [0.717, 1.165) is 5.56 Å². The minimum absolute atomic E-state index is 0.231. The number of benzene rings is 2. The highest BCUT2D eigenvalue weighted by Gasteiger charge is 2.14. The lowest BCUT2D eigenvalue weighted by atomic mass is 10.1. The summed E-state index contributed by atoms with van der Waals surface area (Å²) in [4.78, 5) is 12.4. The first-order valence-electron chi connectivity index (χ1n) is 7.42. The van der Waals surface area contributed by atoms with Crippen LogP contribution in [-0.2, 0) is 0 Å². The van der Waals surface area contributed by atoms with Crippen molar-refractivity contribution in [1.29, 1.82) is 0 Å². The summed E-state index contributed by atoms with van der Waals surface area (Å²) in [5.41, 5.74) is 1.31. The fraction of sp³-hybridized carbons (Fsp3) is 0.278. The largest absolute Gasteiger partial charge is 0.493 e. The van der Waals surface area contributed by atoms with E-state index in [4.69, 9.17) is 9.47 Å². The van der Waals surface area contributed by atoms with E-state index in [1.165, 1.54) is 12.1 Å². The molecule has 0 spiro atoms. The number of carbonyl (C=O) groups is 1. The van der Waals surface area contributed by atoms with Gasteiger partial charge in [-0.3, -0.25) is 4.79 Å². The zero-order valence-electron chi connectivity index (χ0n) is 13.4. The van der Waals surface area contributed by atoms with Crippen LogP contribution in [0.3, 0.4) is 0 Å². The maximum atomic E-state index is 13.0. The molecule has 0 saturated heterocycles. The highest BCUT2D eigenvalue weighted by Crippen LogP contribution is 2.28. The summed E-state index contributed by atoms with van der Waals surface area (Å²) in [6.45, 7) is 4.19. The summed E-state index contributed by atoms with van der Waals surface area (Å²) in [7, 11) is 1.55. The summed E-state index contributed by atoms with van der Waals surface area (Å²) in [5.74, 6) is 0.571. The average molecular weight is 317 g/mol. The fourth-order valence-electron chi connectivity index (χ4n) is 2.20. The van der Waals surface area contributed by atoms with Gasteiger partial charge in [-0.15, -0.1) is 0 Å². The van der Waals surface area contributed by atoms with Crippen molar-refractivity contribution in [2.24, 2.45) is 0 Å². The van der Waals surface area contributed by atoms with E-state index in [1.807, 2.05) is 13.8 Å². The highest BCUT2D eigenvalue weighted by molar-refractivity contribution is 5.95. The number of ether oxygens (including phenoxy) is 2. The van der Waals surface area contributed by atoms with Crippen molar-refractivity contribution >= 4 is 5.91 Å². The molecule has 0 fully saturated rings. The first kappa shape index (κ1) is 16.8. The van der Waals surface area contributed by atoms with Crippen LogP contribution in [0, 0.1) is 5.82 Å². The van der Waals surface area contributed by atoms with Gasteiger partial charge in [0.2, 0.25) is 0 Å². The molecular formula is C18H20FNO3. The Morgan fingerprint density at radius 3 is 2.48 bits per heavy atom. The number of nitrogens with one attached hydrogen (secondary N) is 1. The molecule has 0 heterocycles. The molecule has 1 atom stereocenters. The third-order valence-electron chi connectivity index (χ3n) is 3.44. The molecule has 2 aromatic carbocycles. The monoisotopic (exact) mass is 317 g/mol. The van der Waals surface area contributed by atoms with Crippen LogP contribution in [0.5, 0.6) is 11.5 Å². The van der Waals surface area contributed by atoms with E-state index in [0.29, 0.717) is 23.7 Å². The number of methoxy groups -OCH3 is 1. The third kappa shape index (κ3) is 4.22. The molecule has 0 aromatic heterocycles. The Kier molecular flexibility index (Phi) is 5.57. The lowest BCUT2D eigenvalue weighted by molar-refractivity contribution is 0.0939. The first-order chi connectivity index (χ1) is 11.0. The van der Waals surface area contributed by atoms with Crippen LogP contribution in [0.15, 0.2) is 42.5 Å². The van der Waals surface area contributed by atoms with E-state index in [1.54, 1.807) is 37.4 Å². The Balaban J connectivity index is 2.13. The van der Waals surface area contributed by atoms with Gasteiger partial charge < -0.3 is 14.8 Å². The van der Waals surface area contributed by atoms with Gasteiger partial charge in [0.25, 0.3) is 5.91 Å². The van der Waals surface area contributed by atoms with Crippen molar-refractivity contribution in [3.8, 4) is 11.5 Å². The van der Waals surface area contributed by atoms with Crippen LogP contribution in [-0.4, -0.2) is 19.6 Å². The van der Waals surface area contributed by atoms with Gasteiger partial charge in [0.05, 0.1) is 19.8 Å². The van der Waals surface area contributed by atoms with Gasteiger partial charge >= 0.3 is 0 Å². The molecule has 0 saturated carbocycles. The number of hydrogen-bond donors (Lipinski definition) is 1. The molecule has 2 aromatic rings. The molecule has 122 valence electrons. The second-order valence-electron chi connectivity index (χ2n) is 5.05. The second kappa shape index (κ2) is 7.63. The minimum Gasteiger partial charge on any atom is -0.493 e. The number of rotatable bonds is 6.